The van der Waals surface area contributed by atoms with Gasteiger partial charge >= 0.3 is 0 Å². The van der Waals surface area contributed by atoms with Crippen molar-refractivity contribution in [2.24, 2.45) is 11.8 Å². The maximum atomic E-state index is 14.6. The van der Waals surface area contributed by atoms with Crippen LogP contribution in [0.4, 0.5) is 8.78 Å². The van der Waals surface area contributed by atoms with E-state index in [9.17, 15) is 18.4 Å². The number of halogens is 4. The van der Waals surface area contributed by atoms with Gasteiger partial charge in [0.15, 0.2) is 0 Å². The normalized spacial score (nSPS) is 42.1. The quantitative estimate of drug-likeness (QED) is 0.657. The summed E-state index contributed by atoms with van der Waals surface area (Å²) in [4.78, 5) is 29.3. The Bertz CT molecular complexity index is 642. The van der Waals surface area contributed by atoms with E-state index >= 15 is 0 Å². The average Bonchev–Trinajstić information content (AvgIpc) is 2.62. The Morgan fingerprint density at radius 1 is 1.10 bits per heavy atom. The Hall–Kier alpha value is -0.700. The molecule has 4 rings (SSSR count). The van der Waals surface area contributed by atoms with Crippen molar-refractivity contribution in [3.8, 4) is 0 Å². The minimum atomic E-state index is -1.33. The summed E-state index contributed by atoms with van der Waals surface area (Å²) in [7, 11) is 0. The third kappa shape index (κ3) is 4.36. The Balaban J connectivity index is 1.50. The molecule has 0 aromatic carbocycles. The molecule has 3 heterocycles. The molecule has 0 spiro atoms. The Kier molecular flexibility index (Phi) is 6.54. The molecule has 29 heavy (non-hydrogen) atoms. The van der Waals surface area contributed by atoms with Crippen LogP contribution in [-0.4, -0.2) is 89.8 Å². The smallest absolute Gasteiger partial charge is 0.247 e. The van der Waals surface area contributed by atoms with Crippen molar-refractivity contribution in [2.45, 2.75) is 61.0 Å². The number of rotatable bonds is 4. The topological polar surface area (TPSA) is 61.9 Å². The molecule has 0 bridgehead atoms. The number of nitrogens with zero attached hydrogens (tertiary/aromatic N) is 2. The minimum absolute atomic E-state index is 0.0510. The van der Waals surface area contributed by atoms with Crippen molar-refractivity contribution < 1.29 is 23.1 Å². The third-order valence-corrected chi connectivity index (χ3v) is 7.36. The van der Waals surface area contributed by atoms with Crippen LogP contribution in [0.1, 0.15) is 25.7 Å². The van der Waals surface area contributed by atoms with E-state index in [-0.39, 0.29) is 42.0 Å². The van der Waals surface area contributed by atoms with Crippen LogP contribution >= 0.6 is 23.2 Å². The lowest BCUT2D eigenvalue weighted by atomic mass is 9.85. The van der Waals surface area contributed by atoms with Crippen LogP contribution in [0.3, 0.4) is 0 Å². The van der Waals surface area contributed by atoms with Crippen LogP contribution in [-0.2, 0) is 14.3 Å². The van der Waals surface area contributed by atoms with E-state index in [2.05, 4.69) is 5.32 Å². The molecule has 6 nitrogen and oxygen atoms in total. The van der Waals surface area contributed by atoms with E-state index in [4.69, 9.17) is 27.9 Å². The molecule has 10 heteroatoms. The maximum Gasteiger partial charge on any atom is 0.247 e. The molecule has 3 saturated heterocycles. The molecular weight excluding hydrogens is 427 g/mol. The summed E-state index contributed by atoms with van der Waals surface area (Å²) in [6, 6.07) is -0.676. The zero-order chi connectivity index (χ0) is 20.7. The number of carbonyl (C=O) groups excluding carboxylic acids is 2. The van der Waals surface area contributed by atoms with Gasteiger partial charge in [-0.25, -0.2) is 8.78 Å². The van der Waals surface area contributed by atoms with Gasteiger partial charge in [0.1, 0.15) is 31.1 Å². The van der Waals surface area contributed by atoms with Crippen LogP contribution < -0.4 is 5.32 Å². The predicted octanol–water partition coefficient (Wildman–Crippen LogP) is 1.68. The van der Waals surface area contributed by atoms with Gasteiger partial charge in [-0.2, -0.15) is 0 Å². The number of carbonyl (C=O) groups is 2. The zero-order valence-corrected chi connectivity index (χ0v) is 17.6. The second-order valence-corrected chi connectivity index (χ2v) is 9.85. The van der Waals surface area contributed by atoms with Gasteiger partial charge < -0.3 is 14.5 Å². The molecule has 7 unspecified atom stereocenters. The van der Waals surface area contributed by atoms with Crippen LogP contribution in [0, 0.1) is 11.8 Å². The number of piperidine rings is 1. The fraction of sp³-hybridized carbons (Fsp3) is 0.895. The highest BCUT2D eigenvalue weighted by Crippen LogP contribution is 2.34. The SMILES string of the molecule is O=C1C(C2COC2)N(CC2CCC(F)C(Cl)C2)C(=O)CN1C1NCC(Cl)CC1F. The highest BCUT2D eigenvalue weighted by molar-refractivity contribution is 6.21. The van der Waals surface area contributed by atoms with Crippen molar-refractivity contribution in [3.05, 3.63) is 0 Å². The minimum Gasteiger partial charge on any atom is -0.380 e. The van der Waals surface area contributed by atoms with Crippen molar-refractivity contribution in [2.75, 3.05) is 32.8 Å². The van der Waals surface area contributed by atoms with Gasteiger partial charge in [0.2, 0.25) is 11.8 Å². The van der Waals surface area contributed by atoms with E-state index in [1.54, 1.807) is 4.90 Å². The third-order valence-electron chi connectivity index (χ3n) is 6.57. The van der Waals surface area contributed by atoms with Crippen molar-refractivity contribution in [1.82, 2.24) is 15.1 Å². The predicted molar refractivity (Wildman–Crippen MR) is 104 cm³/mol. The fourth-order valence-corrected chi connectivity index (χ4v) is 5.50. The molecular formula is C19H27Cl2F2N3O3. The average molecular weight is 454 g/mol. The summed E-state index contributed by atoms with van der Waals surface area (Å²) in [6.45, 7) is 1.37. The molecule has 1 N–H and O–H groups in total. The molecule has 7 atom stereocenters. The molecule has 1 saturated carbocycles. The van der Waals surface area contributed by atoms with Crippen LogP contribution in [0.5, 0.6) is 0 Å². The summed E-state index contributed by atoms with van der Waals surface area (Å²) in [5.74, 6) is -0.527. The fourth-order valence-electron chi connectivity index (χ4n) is 4.86. The Morgan fingerprint density at radius 2 is 1.86 bits per heavy atom. The summed E-state index contributed by atoms with van der Waals surface area (Å²) >= 11 is 12.1. The highest BCUT2D eigenvalue weighted by Gasteiger charge is 2.50. The molecule has 4 fully saturated rings. The van der Waals surface area contributed by atoms with Gasteiger partial charge in [0.25, 0.3) is 0 Å². The van der Waals surface area contributed by atoms with Gasteiger partial charge in [-0.3, -0.25) is 14.9 Å². The molecule has 164 valence electrons. The lowest BCUT2D eigenvalue weighted by Gasteiger charge is -2.50. The number of ether oxygens (including phenoxy) is 1. The van der Waals surface area contributed by atoms with E-state index < -0.39 is 29.9 Å². The number of piperazine rings is 1. The lowest BCUT2D eigenvalue weighted by molar-refractivity contribution is -0.173. The zero-order valence-electron chi connectivity index (χ0n) is 16.1. The first-order valence-electron chi connectivity index (χ1n) is 10.3. The summed E-state index contributed by atoms with van der Waals surface area (Å²) in [5, 5.41) is 2.08. The number of amides is 2. The van der Waals surface area contributed by atoms with Crippen LogP contribution in [0.15, 0.2) is 0 Å². The van der Waals surface area contributed by atoms with Gasteiger partial charge in [-0.15, -0.1) is 23.2 Å². The standard InChI is InChI=1S/C19H27Cl2F2N3O3/c20-12-4-15(23)18(24-5-12)26-7-16(27)25(17(19(26)28)11-8-29-9-11)6-10-1-2-14(22)13(21)3-10/h10-15,17-18,24H,1-9H2. The molecule has 0 aromatic heterocycles. The second kappa shape index (κ2) is 8.81. The van der Waals surface area contributed by atoms with Crippen molar-refractivity contribution in [3.63, 3.8) is 0 Å². The lowest BCUT2D eigenvalue weighted by Crippen LogP contribution is -2.70. The maximum absolute atomic E-state index is 14.6. The first-order chi connectivity index (χ1) is 13.8. The van der Waals surface area contributed by atoms with E-state index in [1.807, 2.05) is 0 Å². The number of alkyl halides is 4. The Morgan fingerprint density at radius 3 is 2.48 bits per heavy atom. The van der Waals surface area contributed by atoms with Crippen LogP contribution in [0.2, 0.25) is 0 Å². The molecule has 3 aliphatic heterocycles. The largest absolute Gasteiger partial charge is 0.380 e. The molecule has 4 aliphatic rings. The number of nitrogens with one attached hydrogen (secondary N) is 1. The summed E-state index contributed by atoms with van der Waals surface area (Å²) in [6.07, 6.45) is -1.58. The summed E-state index contributed by atoms with van der Waals surface area (Å²) < 4.78 is 33.6. The summed E-state index contributed by atoms with van der Waals surface area (Å²) in [5.41, 5.74) is 0. The Labute approximate surface area is 179 Å². The van der Waals surface area contributed by atoms with E-state index in [0.717, 1.165) is 0 Å². The van der Waals surface area contributed by atoms with Gasteiger partial charge in [-0.1, -0.05) is 0 Å². The van der Waals surface area contributed by atoms with Gasteiger partial charge in [0, 0.05) is 24.4 Å². The van der Waals surface area contributed by atoms with Gasteiger partial charge in [-0.05, 0) is 31.6 Å². The van der Waals surface area contributed by atoms with E-state index in [1.165, 1.54) is 4.90 Å². The molecule has 0 radical (unpaired) electrons. The second-order valence-electron chi connectivity index (χ2n) is 8.67. The van der Waals surface area contributed by atoms with Gasteiger partial charge in [0.05, 0.1) is 18.6 Å². The molecule has 2 amide bonds. The first kappa shape index (κ1) is 21.5. The first-order valence-corrected chi connectivity index (χ1v) is 11.2. The molecule has 1 aliphatic carbocycles. The van der Waals surface area contributed by atoms with E-state index in [0.29, 0.717) is 45.6 Å². The monoisotopic (exact) mass is 453 g/mol. The highest BCUT2D eigenvalue weighted by atomic mass is 35.5. The number of hydrogen-bond acceptors (Lipinski definition) is 4. The van der Waals surface area contributed by atoms with Crippen molar-refractivity contribution >= 4 is 35.0 Å². The number of hydrogen-bond donors (Lipinski definition) is 1. The molecule has 0 aromatic rings. The van der Waals surface area contributed by atoms with Crippen molar-refractivity contribution in [1.29, 1.82) is 0 Å². The van der Waals surface area contributed by atoms with Crippen LogP contribution in [0.25, 0.3) is 0 Å².